The Labute approximate surface area is 176 Å². The first kappa shape index (κ1) is 22.7. The summed E-state index contributed by atoms with van der Waals surface area (Å²) in [6.07, 6.45) is -0.589. The van der Waals surface area contributed by atoms with Crippen molar-refractivity contribution in [2.24, 2.45) is 0 Å². The second-order valence-electron chi connectivity index (χ2n) is 7.56. The molecule has 158 valence electrons. The van der Waals surface area contributed by atoms with Crippen LogP contribution in [0.15, 0.2) is 30.3 Å². The van der Waals surface area contributed by atoms with Crippen molar-refractivity contribution in [2.45, 2.75) is 0 Å². The lowest BCUT2D eigenvalue weighted by molar-refractivity contribution is -0.905. The molecule has 9 heteroatoms. The molecule has 2 aromatic carbocycles. The number of fused-ring (bicyclic) bond motifs is 1. The summed E-state index contributed by atoms with van der Waals surface area (Å²) in [5.41, 5.74) is 0.876. The lowest BCUT2D eigenvalue weighted by Gasteiger charge is -2.40. The maximum atomic E-state index is 12.6. The summed E-state index contributed by atoms with van der Waals surface area (Å²) < 4.78 is 5.30. The highest BCUT2D eigenvalue weighted by Gasteiger charge is 2.30. The number of hydrogen-bond donors (Lipinski definition) is 3. The second-order valence-corrected chi connectivity index (χ2v) is 7.56. The van der Waals surface area contributed by atoms with Gasteiger partial charge >= 0.3 is 6.09 Å². The van der Waals surface area contributed by atoms with E-state index in [2.05, 4.69) is 34.4 Å². The van der Waals surface area contributed by atoms with Crippen molar-refractivity contribution in [3.63, 3.8) is 0 Å². The molecule has 0 saturated carbocycles. The Hall–Kier alpha value is -2.55. The van der Waals surface area contributed by atoms with Gasteiger partial charge in [-0.05, 0) is 25.2 Å². The Kier molecular flexibility index (Phi) is 7.29. The summed E-state index contributed by atoms with van der Waals surface area (Å²) in [4.78, 5) is 26.3. The standard InChI is InChI=1S/C20H26N4O4.ClH/c1-23-9-11-24(2,12-10-23)13-18(25)21-17-8-7-14-15(19(17)26)5-4-6-16(14)22-20(27)28-3;/h4-8H,9-13H2,1-3H3,(H2-,21,22,25,26,27);1H. The van der Waals surface area contributed by atoms with Crippen LogP contribution in [-0.4, -0.2) is 80.4 Å². The van der Waals surface area contributed by atoms with Crippen molar-refractivity contribution in [3.8, 4) is 5.75 Å². The normalized spacial score (nSPS) is 16.0. The largest absolute Gasteiger partial charge is 1.00 e. The molecule has 1 saturated heterocycles. The Balaban J connectivity index is 0.00000300. The zero-order chi connectivity index (χ0) is 20.3. The average Bonchev–Trinajstić information content (AvgIpc) is 2.67. The third-order valence-electron chi connectivity index (χ3n) is 5.30. The molecule has 1 heterocycles. The van der Waals surface area contributed by atoms with Crippen LogP contribution in [0.1, 0.15) is 0 Å². The predicted octanol–water partition coefficient (Wildman–Crippen LogP) is -0.942. The van der Waals surface area contributed by atoms with Gasteiger partial charge in [0.1, 0.15) is 5.75 Å². The molecule has 1 fully saturated rings. The van der Waals surface area contributed by atoms with E-state index in [0.29, 0.717) is 33.2 Å². The molecule has 3 rings (SSSR count). The number of carbonyl (C=O) groups excluding carboxylic acids is 2. The molecule has 8 nitrogen and oxygen atoms in total. The minimum Gasteiger partial charge on any atom is -1.00 e. The van der Waals surface area contributed by atoms with E-state index in [-0.39, 0.29) is 24.1 Å². The SMILES string of the molecule is COC(=O)Nc1cccc2c(O)c(NC(=O)C[N+]3(C)CCN(C)CC3)ccc12.[Cl-]. The van der Waals surface area contributed by atoms with Gasteiger partial charge in [0.15, 0.2) is 6.54 Å². The Morgan fingerprint density at radius 3 is 2.45 bits per heavy atom. The first-order valence-corrected chi connectivity index (χ1v) is 9.23. The molecular weight excluding hydrogens is 396 g/mol. The quantitative estimate of drug-likeness (QED) is 0.437. The van der Waals surface area contributed by atoms with E-state index < -0.39 is 6.09 Å². The smallest absolute Gasteiger partial charge is 0.411 e. The van der Waals surface area contributed by atoms with E-state index in [9.17, 15) is 14.7 Å². The van der Waals surface area contributed by atoms with Gasteiger partial charge in [0, 0.05) is 23.9 Å². The molecule has 0 bridgehead atoms. The van der Waals surface area contributed by atoms with Gasteiger partial charge in [-0.15, -0.1) is 0 Å². The maximum absolute atomic E-state index is 12.6. The van der Waals surface area contributed by atoms with Crippen LogP contribution in [0.3, 0.4) is 0 Å². The Morgan fingerprint density at radius 2 is 1.79 bits per heavy atom. The van der Waals surface area contributed by atoms with Crippen molar-refractivity contribution < 1.29 is 36.3 Å². The highest BCUT2D eigenvalue weighted by Crippen LogP contribution is 2.36. The van der Waals surface area contributed by atoms with Crippen LogP contribution in [0, 0.1) is 0 Å². The maximum Gasteiger partial charge on any atom is 0.411 e. The van der Waals surface area contributed by atoms with Crippen LogP contribution < -0.4 is 23.0 Å². The number of carbonyl (C=O) groups is 2. The van der Waals surface area contributed by atoms with E-state index >= 15 is 0 Å². The number of halogens is 1. The van der Waals surface area contributed by atoms with Gasteiger partial charge in [0.05, 0.1) is 38.6 Å². The number of benzene rings is 2. The monoisotopic (exact) mass is 422 g/mol. The fourth-order valence-electron chi connectivity index (χ4n) is 3.46. The number of hydrogen-bond acceptors (Lipinski definition) is 5. The number of ether oxygens (including phenoxy) is 1. The van der Waals surface area contributed by atoms with Gasteiger partial charge in [-0.3, -0.25) is 15.0 Å². The number of nitrogens with zero attached hydrogens (tertiary/aromatic N) is 2. The lowest BCUT2D eigenvalue weighted by atomic mass is 10.1. The summed E-state index contributed by atoms with van der Waals surface area (Å²) in [6.45, 7) is 4.10. The van der Waals surface area contributed by atoms with Crippen molar-refractivity contribution >= 4 is 34.1 Å². The van der Waals surface area contributed by atoms with Crippen LogP contribution in [0.2, 0.25) is 0 Å². The summed E-state index contributed by atoms with van der Waals surface area (Å²) >= 11 is 0. The minimum absolute atomic E-state index is 0. The fourth-order valence-corrected chi connectivity index (χ4v) is 3.46. The Bertz CT molecular complexity index is 897. The molecule has 1 aliphatic rings. The molecule has 0 aliphatic carbocycles. The molecule has 29 heavy (non-hydrogen) atoms. The summed E-state index contributed by atoms with van der Waals surface area (Å²) in [6, 6.07) is 8.56. The average molecular weight is 423 g/mol. The Morgan fingerprint density at radius 1 is 1.10 bits per heavy atom. The van der Waals surface area contributed by atoms with Gasteiger partial charge in [0.2, 0.25) is 0 Å². The third-order valence-corrected chi connectivity index (χ3v) is 5.30. The number of nitrogens with one attached hydrogen (secondary N) is 2. The van der Waals surface area contributed by atoms with E-state index in [1.54, 1.807) is 30.3 Å². The van der Waals surface area contributed by atoms with E-state index in [4.69, 9.17) is 0 Å². The van der Waals surface area contributed by atoms with Gasteiger partial charge in [-0.2, -0.15) is 0 Å². The van der Waals surface area contributed by atoms with Gasteiger partial charge in [-0.25, -0.2) is 4.79 Å². The van der Waals surface area contributed by atoms with Crippen molar-refractivity contribution in [1.82, 2.24) is 4.90 Å². The molecule has 0 aromatic heterocycles. The van der Waals surface area contributed by atoms with Gasteiger partial charge in [0.25, 0.3) is 5.91 Å². The molecule has 0 unspecified atom stereocenters. The van der Waals surface area contributed by atoms with Gasteiger partial charge in [-0.1, -0.05) is 12.1 Å². The van der Waals surface area contributed by atoms with Crippen LogP contribution in [0.4, 0.5) is 16.2 Å². The highest BCUT2D eigenvalue weighted by molar-refractivity contribution is 6.06. The number of likely N-dealkylation sites (N-methyl/N-ethyl adjacent to an activating group) is 2. The minimum atomic E-state index is -0.589. The highest BCUT2D eigenvalue weighted by atomic mass is 35.5. The van der Waals surface area contributed by atoms with Crippen LogP contribution in [0.5, 0.6) is 5.75 Å². The number of anilines is 2. The molecule has 2 aromatic rings. The second kappa shape index (κ2) is 9.30. The molecule has 2 amide bonds. The van der Waals surface area contributed by atoms with Crippen molar-refractivity contribution in [2.75, 3.05) is 64.6 Å². The number of phenols is 1. The number of rotatable bonds is 4. The van der Waals surface area contributed by atoms with Crippen LogP contribution in [0.25, 0.3) is 10.8 Å². The molecule has 0 radical (unpaired) electrons. The van der Waals surface area contributed by atoms with Crippen LogP contribution in [-0.2, 0) is 9.53 Å². The first-order valence-electron chi connectivity index (χ1n) is 9.23. The number of methoxy groups -OCH3 is 1. The number of phenolic OH excluding ortho intramolecular Hbond substituents is 1. The number of aromatic hydroxyl groups is 1. The molecule has 0 spiro atoms. The topological polar surface area (TPSA) is 90.9 Å². The van der Waals surface area contributed by atoms with E-state index in [0.717, 1.165) is 26.2 Å². The first-order chi connectivity index (χ1) is 13.3. The number of piperazine rings is 1. The lowest BCUT2D eigenvalue weighted by Crippen LogP contribution is -3.00. The molecule has 0 atom stereocenters. The van der Waals surface area contributed by atoms with E-state index in [1.807, 2.05) is 0 Å². The number of amides is 2. The van der Waals surface area contributed by atoms with Crippen LogP contribution >= 0.6 is 0 Å². The summed E-state index contributed by atoms with van der Waals surface area (Å²) in [5, 5.41) is 17.3. The summed E-state index contributed by atoms with van der Waals surface area (Å²) in [7, 11) is 5.45. The van der Waals surface area contributed by atoms with Gasteiger partial charge < -0.3 is 32.1 Å². The molecule has 1 aliphatic heterocycles. The van der Waals surface area contributed by atoms with Crippen molar-refractivity contribution in [1.29, 1.82) is 0 Å². The summed E-state index contributed by atoms with van der Waals surface area (Å²) in [5.74, 6) is -0.161. The predicted molar refractivity (Wildman–Crippen MR) is 109 cm³/mol. The number of quaternary nitrogens is 1. The third kappa shape index (κ3) is 5.29. The van der Waals surface area contributed by atoms with E-state index in [1.165, 1.54) is 7.11 Å². The zero-order valence-electron chi connectivity index (χ0n) is 16.9. The zero-order valence-corrected chi connectivity index (χ0v) is 17.6. The molecule has 3 N–H and O–H groups in total. The molecular formula is C20H27ClN4O4. The van der Waals surface area contributed by atoms with Crippen molar-refractivity contribution in [3.05, 3.63) is 30.3 Å². The fraction of sp³-hybridized carbons (Fsp3) is 0.400.